The average molecular weight is 282 g/mol. The zero-order valence-corrected chi connectivity index (χ0v) is 11.5. The Morgan fingerprint density at radius 2 is 1.33 bits per heavy atom. The molecule has 0 bridgehead atoms. The van der Waals surface area contributed by atoms with Gasteiger partial charge in [0.05, 0.1) is 0 Å². The maximum absolute atomic E-state index is 10.8. The molecule has 8 heteroatoms. The van der Waals surface area contributed by atoms with Gasteiger partial charge >= 0.3 is 15.5 Å². The van der Waals surface area contributed by atoms with Gasteiger partial charge < -0.3 is 0 Å². The van der Waals surface area contributed by atoms with Gasteiger partial charge in [0.15, 0.2) is 0 Å². The van der Waals surface area contributed by atoms with E-state index in [1.54, 1.807) is 0 Å². The van der Waals surface area contributed by atoms with E-state index < -0.39 is 15.5 Å². The van der Waals surface area contributed by atoms with Crippen molar-refractivity contribution in [2.45, 2.75) is 5.51 Å². The van der Waals surface area contributed by atoms with Crippen molar-refractivity contribution in [2.24, 2.45) is 5.14 Å². The molecule has 0 heterocycles. The van der Waals surface area contributed by atoms with Gasteiger partial charge in [-0.25, -0.2) is 13.6 Å². The number of hydrogen-bond donors (Lipinski definition) is 1. The third kappa shape index (κ3) is 5.07. The Morgan fingerprint density at radius 3 is 1.33 bits per heavy atom. The zero-order chi connectivity index (χ0) is 7.00. The van der Waals surface area contributed by atoms with Crippen LogP contribution in [0.15, 0.2) is 0 Å². The summed E-state index contributed by atoms with van der Waals surface area (Å²) in [6, 6.07) is 0. The van der Waals surface area contributed by atoms with Gasteiger partial charge in [-0.1, -0.05) is 0 Å². The summed E-state index contributed by atoms with van der Waals surface area (Å²) in [6.45, 7) is 0. The molecule has 0 aliphatic rings. The first-order valence-electron chi connectivity index (χ1n) is 1.34. The van der Waals surface area contributed by atoms with Gasteiger partial charge in [-0.15, -0.1) is 0 Å². The van der Waals surface area contributed by atoms with E-state index in [0.717, 1.165) is 0 Å². The van der Waals surface area contributed by atoms with E-state index in [4.69, 9.17) is 0 Å². The molecule has 0 aromatic carbocycles. The average Bonchev–Trinajstić information content (AvgIpc) is 1.25. The van der Waals surface area contributed by atoms with Crippen molar-refractivity contribution in [3.05, 3.63) is 0 Å². The van der Waals surface area contributed by atoms with Crippen LogP contribution in [0.3, 0.4) is 0 Å². The summed E-state index contributed by atoms with van der Waals surface area (Å²) >= 11 is 0. The summed E-state index contributed by atoms with van der Waals surface area (Å²) in [6.07, 6.45) is 0. The Hall–Kier alpha value is 1.75. The normalized spacial score (nSPS) is 12.4. The summed E-state index contributed by atoms with van der Waals surface area (Å²) in [5.41, 5.74) is -5.31. The molecular weight excluding hydrogens is 280 g/mol. The van der Waals surface area contributed by atoms with E-state index in [9.17, 15) is 21.6 Å². The molecule has 0 rings (SSSR count). The number of hydrogen-bond acceptors (Lipinski definition) is 2. The van der Waals surface area contributed by atoms with E-state index in [1.165, 1.54) is 0 Å². The van der Waals surface area contributed by atoms with Gasteiger partial charge in [-0.2, -0.15) is 13.2 Å². The summed E-state index contributed by atoms with van der Waals surface area (Å²) in [7, 11) is -5.34. The minimum Gasteiger partial charge on any atom is -0.221 e. The second-order valence-electron chi connectivity index (χ2n) is 0.991. The Morgan fingerprint density at radius 1 is 1.22 bits per heavy atom. The maximum Gasteiger partial charge on any atom is 0.511 e. The topological polar surface area (TPSA) is 60.2 Å². The Labute approximate surface area is 109 Å². The summed E-state index contributed by atoms with van der Waals surface area (Å²) in [4.78, 5) is 0. The number of primary sulfonamides is 1. The minimum atomic E-state index is -5.34. The Kier molecular flexibility index (Phi) is 5.86. The molecule has 0 spiro atoms. The van der Waals surface area contributed by atoms with Crippen molar-refractivity contribution in [1.82, 2.24) is 0 Å². The van der Waals surface area contributed by atoms with Crippen LogP contribution >= 0.6 is 0 Å². The largest absolute Gasteiger partial charge is 0.511 e. The second-order valence-corrected chi connectivity index (χ2v) is 2.54. The van der Waals surface area contributed by atoms with Crippen LogP contribution in [0.5, 0.6) is 0 Å². The van der Waals surface area contributed by atoms with Gasteiger partial charge in [0.1, 0.15) is 0 Å². The molecular formula is CH2CsF3NO2S. The first-order chi connectivity index (χ1) is 3.25. The third-order valence-corrected chi connectivity index (χ3v) is 0.968. The SMILES string of the molecule is NS(=O)(=O)C(F)(F)F.[Cs]. The second kappa shape index (κ2) is 3.95. The van der Waals surface area contributed by atoms with Crippen LogP contribution in [0.1, 0.15) is 0 Å². The molecule has 0 amide bonds. The van der Waals surface area contributed by atoms with Crippen LogP contribution in [0.2, 0.25) is 0 Å². The van der Waals surface area contributed by atoms with Crippen molar-refractivity contribution in [3.8, 4) is 0 Å². The van der Waals surface area contributed by atoms with Gasteiger partial charge in [0.2, 0.25) is 0 Å². The summed E-state index contributed by atoms with van der Waals surface area (Å²) < 4.78 is 51.2. The van der Waals surface area contributed by atoms with E-state index in [0.29, 0.717) is 0 Å². The maximum atomic E-state index is 10.8. The number of alkyl halides is 3. The fraction of sp³-hybridized carbons (Fsp3) is 1.00. The minimum absolute atomic E-state index is 0. The predicted octanol–water partition coefficient (Wildman–Crippen LogP) is -0.586. The molecule has 9 heavy (non-hydrogen) atoms. The molecule has 51 valence electrons. The van der Waals surface area contributed by atoms with Gasteiger partial charge in [-0.3, -0.25) is 0 Å². The fourth-order valence-electron chi connectivity index (χ4n) is 0. The molecule has 0 saturated carbocycles. The Bertz CT molecular complexity index is 171. The molecule has 1 radical (unpaired) electrons. The fourth-order valence-corrected chi connectivity index (χ4v) is 0. The summed E-state index contributed by atoms with van der Waals surface area (Å²) in [5, 5.41) is 3.66. The molecule has 0 fully saturated rings. The van der Waals surface area contributed by atoms with Crippen LogP contribution in [-0.4, -0.2) is 82.8 Å². The van der Waals surface area contributed by atoms with Crippen LogP contribution in [-0.2, 0) is 10.0 Å². The van der Waals surface area contributed by atoms with Crippen molar-refractivity contribution in [1.29, 1.82) is 0 Å². The standard InChI is InChI=1S/CH2F3NO2S.Cs/c2-1(3,4)8(5,6)7;/h(H2,5,6,7);. The van der Waals surface area contributed by atoms with E-state index in [2.05, 4.69) is 5.14 Å². The predicted molar refractivity (Wildman–Crippen MR) is 24.9 cm³/mol. The molecule has 0 aromatic rings. The van der Waals surface area contributed by atoms with Crippen LogP contribution < -0.4 is 5.14 Å². The smallest absolute Gasteiger partial charge is 0.221 e. The number of halogens is 3. The van der Waals surface area contributed by atoms with E-state index in [-0.39, 0.29) is 68.9 Å². The van der Waals surface area contributed by atoms with E-state index in [1.807, 2.05) is 0 Å². The van der Waals surface area contributed by atoms with Crippen LogP contribution in [0.4, 0.5) is 13.2 Å². The molecule has 0 aliphatic heterocycles. The third-order valence-electron chi connectivity index (χ3n) is 0.323. The van der Waals surface area contributed by atoms with Crippen molar-refractivity contribution >= 4 is 78.9 Å². The molecule has 0 aromatic heterocycles. The van der Waals surface area contributed by atoms with Crippen molar-refractivity contribution < 1.29 is 21.6 Å². The molecule has 3 nitrogen and oxygen atoms in total. The molecule has 0 aliphatic carbocycles. The molecule has 2 N–H and O–H groups in total. The quantitative estimate of drug-likeness (QED) is 0.646. The first kappa shape index (κ1) is 13.3. The van der Waals surface area contributed by atoms with Crippen molar-refractivity contribution in [2.75, 3.05) is 0 Å². The molecule has 0 unspecified atom stereocenters. The van der Waals surface area contributed by atoms with Crippen LogP contribution in [0, 0.1) is 0 Å². The number of rotatable bonds is 0. The van der Waals surface area contributed by atoms with Gasteiger partial charge in [0.25, 0.3) is 0 Å². The monoisotopic (exact) mass is 282 g/mol. The summed E-state index contributed by atoms with van der Waals surface area (Å²) in [5.74, 6) is 0. The molecule has 0 saturated heterocycles. The first-order valence-corrected chi connectivity index (χ1v) is 2.89. The molecule has 0 atom stereocenters. The Balaban J connectivity index is 0. The van der Waals surface area contributed by atoms with Crippen LogP contribution in [0.25, 0.3) is 0 Å². The van der Waals surface area contributed by atoms with E-state index >= 15 is 0 Å². The zero-order valence-electron chi connectivity index (χ0n) is 4.44. The van der Waals surface area contributed by atoms with Gasteiger partial charge in [0, 0.05) is 68.9 Å². The number of sulfonamides is 1. The van der Waals surface area contributed by atoms with Crippen molar-refractivity contribution in [3.63, 3.8) is 0 Å². The number of nitrogens with two attached hydrogens (primary N) is 1. The van der Waals surface area contributed by atoms with Gasteiger partial charge in [-0.05, 0) is 0 Å².